The van der Waals surface area contributed by atoms with Gasteiger partial charge in [0.2, 0.25) is 5.91 Å². The van der Waals surface area contributed by atoms with E-state index < -0.39 is 0 Å². The number of nitrogens with zero attached hydrogens (tertiary/aromatic N) is 3. The highest BCUT2D eigenvalue weighted by atomic mass is 16.2. The Morgan fingerprint density at radius 1 is 1.65 bits per heavy atom. The van der Waals surface area contributed by atoms with Crippen molar-refractivity contribution < 1.29 is 4.79 Å². The third-order valence-electron chi connectivity index (χ3n) is 3.33. The summed E-state index contributed by atoms with van der Waals surface area (Å²) in [7, 11) is 3.80. The molecule has 0 saturated carbocycles. The molecule has 1 aromatic rings. The fraction of sp³-hybridized carbons (Fsp3) is 0.667. The van der Waals surface area contributed by atoms with Gasteiger partial charge in [-0.1, -0.05) is 0 Å². The maximum atomic E-state index is 11.9. The monoisotopic (exact) mass is 236 g/mol. The number of aromatic nitrogens is 2. The third-order valence-corrected chi connectivity index (χ3v) is 3.33. The molecule has 2 rings (SSSR count). The van der Waals surface area contributed by atoms with Crippen LogP contribution < -0.4 is 5.32 Å². The molecule has 1 aliphatic heterocycles. The summed E-state index contributed by atoms with van der Waals surface area (Å²) in [4.78, 5) is 13.8. The summed E-state index contributed by atoms with van der Waals surface area (Å²) in [5.41, 5.74) is 1.25. The average molecular weight is 236 g/mol. The lowest BCUT2D eigenvalue weighted by Gasteiger charge is -2.16. The first kappa shape index (κ1) is 12.1. The molecule has 1 saturated heterocycles. The van der Waals surface area contributed by atoms with Crippen molar-refractivity contribution in [2.45, 2.75) is 18.8 Å². The number of carbonyl (C=O) groups excluding carboxylic acids is 1. The van der Waals surface area contributed by atoms with Crippen LogP contribution in [0.25, 0.3) is 0 Å². The fourth-order valence-corrected chi connectivity index (χ4v) is 2.30. The van der Waals surface area contributed by atoms with E-state index in [0.29, 0.717) is 12.3 Å². The molecular weight excluding hydrogens is 216 g/mol. The second-order valence-electron chi connectivity index (χ2n) is 4.63. The minimum absolute atomic E-state index is 0.255. The highest BCUT2D eigenvalue weighted by Crippen LogP contribution is 2.26. The number of amides is 1. The number of rotatable bonds is 4. The summed E-state index contributed by atoms with van der Waals surface area (Å²) >= 11 is 0. The van der Waals surface area contributed by atoms with E-state index in [2.05, 4.69) is 10.4 Å². The molecule has 94 valence electrons. The van der Waals surface area contributed by atoms with E-state index in [1.54, 1.807) is 0 Å². The van der Waals surface area contributed by atoms with Gasteiger partial charge in [0.1, 0.15) is 0 Å². The van der Waals surface area contributed by atoms with E-state index in [-0.39, 0.29) is 5.91 Å². The molecule has 1 fully saturated rings. The Labute approximate surface area is 102 Å². The van der Waals surface area contributed by atoms with Crippen LogP contribution in [0.3, 0.4) is 0 Å². The van der Waals surface area contributed by atoms with Gasteiger partial charge in [-0.3, -0.25) is 9.48 Å². The molecule has 0 aliphatic carbocycles. The first-order valence-corrected chi connectivity index (χ1v) is 6.11. The zero-order valence-electron chi connectivity index (χ0n) is 10.5. The number of likely N-dealkylation sites (tertiary alicyclic amines) is 1. The van der Waals surface area contributed by atoms with Crippen molar-refractivity contribution in [3.8, 4) is 0 Å². The van der Waals surface area contributed by atoms with E-state index in [0.717, 1.165) is 26.1 Å². The van der Waals surface area contributed by atoms with Crippen LogP contribution in [0.15, 0.2) is 12.4 Å². The van der Waals surface area contributed by atoms with Crippen LogP contribution in [0.5, 0.6) is 0 Å². The van der Waals surface area contributed by atoms with E-state index in [1.807, 2.05) is 36.1 Å². The fourth-order valence-electron chi connectivity index (χ4n) is 2.30. The average Bonchev–Trinajstić information content (AvgIpc) is 2.93. The van der Waals surface area contributed by atoms with E-state index in [9.17, 15) is 4.79 Å². The van der Waals surface area contributed by atoms with Gasteiger partial charge in [-0.25, -0.2) is 0 Å². The largest absolute Gasteiger partial charge is 0.342 e. The van der Waals surface area contributed by atoms with Gasteiger partial charge >= 0.3 is 0 Å². The van der Waals surface area contributed by atoms with Crippen LogP contribution in [-0.2, 0) is 11.8 Å². The molecule has 0 bridgehead atoms. The van der Waals surface area contributed by atoms with E-state index in [1.165, 1.54) is 5.56 Å². The van der Waals surface area contributed by atoms with Crippen molar-refractivity contribution in [3.05, 3.63) is 18.0 Å². The van der Waals surface area contributed by atoms with Gasteiger partial charge in [-0.2, -0.15) is 5.10 Å². The van der Waals surface area contributed by atoms with Gasteiger partial charge in [0.05, 0.1) is 6.20 Å². The Kier molecular flexibility index (Phi) is 3.78. The Morgan fingerprint density at radius 2 is 2.47 bits per heavy atom. The SMILES string of the molecule is CNCCC(=O)N1CCC(c2cnn(C)c2)C1. The van der Waals surface area contributed by atoms with Gasteiger partial charge in [0.15, 0.2) is 0 Å². The minimum Gasteiger partial charge on any atom is -0.342 e. The smallest absolute Gasteiger partial charge is 0.223 e. The Morgan fingerprint density at radius 3 is 3.12 bits per heavy atom. The normalized spacial score (nSPS) is 19.9. The number of hydrogen-bond donors (Lipinski definition) is 1. The molecule has 17 heavy (non-hydrogen) atoms. The molecule has 0 aromatic carbocycles. The Bertz CT molecular complexity index is 388. The minimum atomic E-state index is 0.255. The molecule has 2 heterocycles. The summed E-state index contributed by atoms with van der Waals surface area (Å²) in [5, 5.41) is 7.19. The van der Waals surface area contributed by atoms with Gasteiger partial charge in [0.25, 0.3) is 0 Å². The molecule has 1 unspecified atom stereocenters. The van der Waals surface area contributed by atoms with Crippen LogP contribution in [0.1, 0.15) is 24.3 Å². The molecule has 0 spiro atoms. The van der Waals surface area contributed by atoms with Gasteiger partial charge in [-0.15, -0.1) is 0 Å². The molecule has 0 radical (unpaired) electrons. The lowest BCUT2D eigenvalue weighted by molar-refractivity contribution is -0.130. The second-order valence-corrected chi connectivity index (χ2v) is 4.63. The van der Waals surface area contributed by atoms with Crippen molar-refractivity contribution in [1.82, 2.24) is 20.0 Å². The molecule has 5 heteroatoms. The summed E-state index contributed by atoms with van der Waals surface area (Å²) in [6.07, 6.45) is 5.60. The summed E-state index contributed by atoms with van der Waals surface area (Å²) < 4.78 is 1.82. The van der Waals surface area contributed by atoms with Crippen LogP contribution in [-0.4, -0.2) is 47.3 Å². The van der Waals surface area contributed by atoms with Crippen LogP contribution in [0.4, 0.5) is 0 Å². The number of carbonyl (C=O) groups is 1. The summed E-state index contributed by atoms with van der Waals surface area (Å²) in [6, 6.07) is 0. The van der Waals surface area contributed by atoms with Crippen molar-refractivity contribution in [2.24, 2.45) is 7.05 Å². The number of aryl methyl sites for hydroxylation is 1. The van der Waals surface area contributed by atoms with Gasteiger partial charge < -0.3 is 10.2 Å². The molecule has 1 atom stereocenters. The topological polar surface area (TPSA) is 50.2 Å². The highest BCUT2D eigenvalue weighted by Gasteiger charge is 2.27. The van der Waals surface area contributed by atoms with Crippen molar-refractivity contribution in [2.75, 3.05) is 26.7 Å². The number of nitrogens with one attached hydrogen (secondary N) is 1. The second kappa shape index (κ2) is 5.31. The van der Waals surface area contributed by atoms with Gasteiger partial charge in [0, 0.05) is 45.2 Å². The Balaban J connectivity index is 1.89. The molecule has 1 N–H and O–H groups in total. The Hall–Kier alpha value is -1.36. The number of hydrogen-bond acceptors (Lipinski definition) is 3. The summed E-state index contributed by atoms with van der Waals surface area (Å²) in [6.45, 7) is 2.48. The highest BCUT2D eigenvalue weighted by molar-refractivity contribution is 5.76. The summed E-state index contributed by atoms with van der Waals surface area (Å²) in [5.74, 6) is 0.716. The maximum Gasteiger partial charge on any atom is 0.223 e. The molecule has 1 aliphatic rings. The lowest BCUT2D eigenvalue weighted by atomic mass is 10.0. The van der Waals surface area contributed by atoms with Crippen molar-refractivity contribution >= 4 is 5.91 Å². The molecule has 1 amide bonds. The standard InChI is InChI=1S/C12H20N4O/c1-13-5-3-12(17)16-6-4-10(9-16)11-7-14-15(2)8-11/h7-8,10,13H,3-6,9H2,1-2H3. The molecule has 5 nitrogen and oxygen atoms in total. The van der Waals surface area contributed by atoms with Crippen LogP contribution in [0.2, 0.25) is 0 Å². The zero-order chi connectivity index (χ0) is 12.3. The third kappa shape index (κ3) is 2.85. The first-order valence-electron chi connectivity index (χ1n) is 6.11. The van der Waals surface area contributed by atoms with Gasteiger partial charge in [-0.05, 0) is 19.0 Å². The zero-order valence-corrected chi connectivity index (χ0v) is 10.5. The maximum absolute atomic E-state index is 11.9. The van der Waals surface area contributed by atoms with Crippen molar-refractivity contribution in [1.29, 1.82) is 0 Å². The van der Waals surface area contributed by atoms with Crippen LogP contribution >= 0.6 is 0 Å². The molecular formula is C12H20N4O. The quantitative estimate of drug-likeness (QED) is 0.820. The molecule has 1 aromatic heterocycles. The van der Waals surface area contributed by atoms with Crippen LogP contribution in [0, 0.1) is 0 Å². The van der Waals surface area contributed by atoms with E-state index >= 15 is 0 Å². The van der Waals surface area contributed by atoms with Crippen molar-refractivity contribution in [3.63, 3.8) is 0 Å². The van der Waals surface area contributed by atoms with E-state index in [4.69, 9.17) is 0 Å². The predicted octanol–water partition coefficient (Wildman–Crippen LogP) is 0.345. The predicted molar refractivity (Wildman–Crippen MR) is 65.7 cm³/mol. The first-order chi connectivity index (χ1) is 8.20. The lowest BCUT2D eigenvalue weighted by Crippen LogP contribution is -2.30.